The lowest BCUT2D eigenvalue weighted by Gasteiger charge is -2.21. The van der Waals surface area contributed by atoms with Crippen molar-refractivity contribution in [2.45, 2.75) is 46.0 Å². The average Bonchev–Trinajstić information content (AvgIpc) is 2.57. The van der Waals surface area contributed by atoms with Gasteiger partial charge in [0.15, 0.2) is 0 Å². The second-order valence-electron chi connectivity index (χ2n) is 5.88. The number of amides is 2. The van der Waals surface area contributed by atoms with Gasteiger partial charge >= 0.3 is 0 Å². The molecule has 4 nitrogen and oxygen atoms in total. The molecule has 0 radical (unpaired) electrons. The molecule has 0 spiro atoms. The number of hydrogen-bond acceptors (Lipinski definition) is 2. The van der Waals surface area contributed by atoms with Crippen LogP contribution >= 0.6 is 0 Å². The molecule has 0 saturated heterocycles. The molecule has 0 heterocycles. The maximum absolute atomic E-state index is 12.2. The monoisotopic (exact) mass is 302 g/mol. The predicted octanol–water partition coefficient (Wildman–Crippen LogP) is 3.69. The van der Waals surface area contributed by atoms with Crippen molar-refractivity contribution in [2.75, 3.05) is 18.4 Å². The number of anilines is 1. The Morgan fingerprint density at radius 2 is 1.64 bits per heavy atom. The second-order valence-corrected chi connectivity index (χ2v) is 5.88. The van der Waals surface area contributed by atoms with Crippen LogP contribution in [-0.2, 0) is 4.79 Å². The van der Waals surface area contributed by atoms with Crippen molar-refractivity contribution in [1.82, 2.24) is 4.90 Å². The van der Waals surface area contributed by atoms with Crippen molar-refractivity contribution in [3.05, 3.63) is 29.8 Å². The minimum atomic E-state index is 0.0372. The fraction of sp³-hybridized carbons (Fsp3) is 0.556. The van der Waals surface area contributed by atoms with E-state index in [0.29, 0.717) is 18.7 Å². The first kappa shape index (κ1) is 16.5. The average molecular weight is 302 g/mol. The van der Waals surface area contributed by atoms with Gasteiger partial charge in [-0.3, -0.25) is 9.59 Å². The van der Waals surface area contributed by atoms with Gasteiger partial charge in [-0.2, -0.15) is 0 Å². The van der Waals surface area contributed by atoms with Crippen LogP contribution in [0.2, 0.25) is 0 Å². The molecule has 2 amide bonds. The summed E-state index contributed by atoms with van der Waals surface area (Å²) < 4.78 is 0. The van der Waals surface area contributed by atoms with Crippen LogP contribution in [0.3, 0.4) is 0 Å². The molecule has 120 valence electrons. The minimum Gasteiger partial charge on any atom is -0.339 e. The topological polar surface area (TPSA) is 49.4 Å². The molecule has 1 aromatic carbocycles. The van der Waals surface area contributed by atoms with Crippen LogP contribution in [0.1, 0.15) is 56.3 Å². The van der Waals surface area contributed by atoms with Crippen LogP contribution in [-0.4, -0.2) is 29.8 Å². The third-order valence-electron chi connectivity index (χ3n) is 4.43. The van der Waals surface area contributed by atoms with Gasteiger partial charge in [0.2, 0.25) is 5.91 Å². The molecule has 1 aliphatic rings. The van der Waals surface area contributed by atoms with Gasteiger partial charge in [-0.25, -0.2) is 0 Å². The van der Waals surface area contributed by atoms with Gasteiger partial charge in [-0.15, -0.1) is 0 Å². The summed E-state index contributed by atoms with van der Waals surface area (Å²) in [6, 6.07) is 7.21. The quantitative estimate of drug-likeness (QED) is 0.902. The molecule has 1 aliphatic carbocycles. The fourth-order valence-corrected chi connectivity index (χ4v) is 3.00. The van der Waals surface area contributed by atoms with Crippen molar-refractivity contribution in [1.29, 1.82) is 0 Å². The molecular formula is C18H26N2O2. The van der Waals surface area contributed by atoms with E-state index < -0.39 is 0 Å². The van der Waals surface area contributed by atoms with Crippen LogP contribution in [0.4, 0.5) is 5.69 Å². The number of carbonyl (C=O) groups is 2. The van der Waals surface area contributed by atoms with Gasteiger partial charge in [-0.05, 0) is 51.0 Å². The van der Waals surface area contributed by atoms with E-state index in [9.17, 15) is 9.59 Å². The van der Waals surface area contributed by atoms with Gasteiger partial charge in [-0.1, -0.05) is 19.3 Å². The summed E-state index contributed by atoms with van der Waals surface area (Å²) in [5.41, 5.74) is 1.44. The summed E-state index contributed by atoms with van der Waals surface area (Å²) >= 11 is 0. The van der Waals surface area contributed by atoms with Gasteiger partial charge in [0.05, 0.1) is 0 Å². The SMILES string of the molecule is CCN(CC)C(=O)c1ccc(NC(=O)C2CCCCC2)cc1. The smallest absolute Gasteiger partial charge is 0.253 e. The molecular weight excluding hydrogens is 276 g/mol. The van der Waals surface area contributed by atoms with Crippen LogP contribution in [0.5, 0.6) is 0 Å². The van der Waals surface area contributed by atoms with E-state index in [2.05, 4.69) is 5.32 Å². The Hall–Kier alpha value is -1.84. The number of rotatable bonds is 5. The van der Waals surface area contributed by atoms with E-state index in [1.165, 1.54) is 6.42 Å². The third kappa shape index (κ3) is 4.09. The number of benzene rings is 1. The minimum absolute atomic E-state index is 0.0372. The highest BCUT2D eigenvalue weighted by Crippen LogP contribution is 2.25. The Morgan fingerprint density at radius 1 is 1.05 bits per heavy atom. The Balaban J connectivity index is 1.96. The molecule has 1 saturated carbocycles. The maximum atomic E-state index is 12.2. The number of hydrogen-bond donors (Lipinski definition) is 1. The summed E-state index contributed by atoms with van der Waals surface area (Å²) in [5.74, 6) is 0.295. The van der Waals surface area contributed by atoms with Crippen molar-refractivity contribution in [2.24, 2.45) is 5.92 Å². The Bertz CT molecular complexity index is 500. The largest absolute Gasteiger partial charge is 0.339 e. The molecule has 22 heavy (non-hydrogen) atoms. The van der Waals surface area contributed by atoms with Gasteiger partial charge in [0.1, 0.15) is 0 Å². The summed E-state index contributed by atoms with van der Waals surface area (Å²) in [6.45, 7) is 5.35. The van der Waals surface area contributed by atoms with Crippen molar-refractivity contribution in [3.63, 3.8) is 0 Å². The van der Waals surface area contributed by atoms with E-state index in [-0.39, 0.29) is 17.7 Å². The van der Waals surface area contributed by atoms with Crippen LogP contribution in [0, 0.1) is 5.92 Å². The maximum Gasteiger partial charge on any atom is 0.253 e. The summed E-state index contributed by atoms with van der Waals surface area (Å²) in [7, 11) is 0. The summed E-state index contributed by atoms with van der Waals surface area (Å²) in [5, 5.41) is 2.97. The summed E-state index contributed by atoms with van der Waals surface area (Å²) in [6.07, 6.45) is 5.52. The zero-order chi connectivity index (χ0) is 15.9. The standard InChI is InChI=1S/C18H26N2O2/c1-3-20(4-2)18(22)15-10-12-16(13-11-15)19-17(21)14-8-6-5-7-9-14/h10-14H,3-9H2,1-2H3,(H,19,21). The fourth-order valence-electron chi connectivity index (χ4n) is 3.00. The third-order valence-corrected chi connectivity index (χ3v) is 4.43. The Kier molecular flexibility index (Phi) is 5.99. The lowest BCUT2D eigenvalue weighted by Crippen LogP contribution is -2.30. The van der Waals surface area contributed by atoms with Crippen molar-refractivity contribution < 1.29 is 9.59 Å². The zero-order valence-corrected chi connectivity index (χ0v) is 13.6. The van der Waals surface area contributed by atoms with Crippen molar-refractivity contribution in [3.8, 4) is 0 Å². The Labute approximate surface area is 132 Å². The first-order chi connectivity index (χ1) is 10.7. The zero-order valence-electron chi connectivity index (χ0n) is 13.6. The molecule has 2 rings (SSSR count). The normalized spacial score (nSPS) is 15.4. The lowest BCUT2D eigenvalue weighted by molar-refractivity contribution is -0.120. The summed E-state index contributed by atoms with van der Waals surface area (Å²) in [4.78, 5) is 26.2. The van der Waals surface area contributed by atoms with Gasteiger partial charge in [0.25, 0.3) is 5.91 Å². The van der Waals surface area contributed by atoms with Crippen LogP contribution in [0.15, 0.2) is 24.3 Å². The van der Waals surface area contributed by atoms with E-state index in [1.54, 1.807) is 17.0 Å². The molecule has 0 atom stereocenters. The molecule has 1 fully saturated rings. The molecule has 0 bridgehead atoms. The van der Waals surface area contributed by atoms with Crippen molar-refractivity contribution >= 4 is 17.5 Å². The first-order valence-corrected chi connectivity index (χ1v) is 8.36. The second kappa shape index (κ2) is 7.97. The Morgan fingerprint density at radius 3 is 2.18 bits per heavy atom. The highest BCUT2D eigenvalue weighted by atomic mass is 16.2. The molecule has 1 aromatic rings. The van der Waals surface area contributed by atoms with Gasteiger partial charge < -0.3 is 10.2 Å². The number of nitrogens with one attached hydrogen (secondary N) is 1. The number of nitrogens with zero attached hydrogens (tertiary/aromatic N) is 1. The van der Waals surface area contributed by atoms with Gasteiger partial charge in [0, 0.05) is 30.3 Å². The van der Waals surface area contributed by atoms with E-state index in [0.717, 1.165) is 31.4 Å². The van der Waals surface area contributed by atoms with E-state index in [4.69, 9.17) is 0 Å². The molecule has 0 unspecified atom stereocenters. The predicted molar refractivity (Wildman–Crippen MR) is 88.9 cm³/mol. The molecule has 0 aromatic heterocycles. The molecule has 1 N–H and O–H groups in total. The van der Waals surface area contributed by atoms with E-state index in [1.807, 2.05) is 26.0 Å². The number of carbonyl (C=O) groups excluding carboxylic acids is 2. The van der Waals surface area contributed by atoms with E-state index >= 15 is 0 Å². The lowest BCUT2D eigenvalue weighted by atomic mass is 9.88. The first-order valence-electron chi connectivity index (χ1n) is 8.36. The van der Waals surface area contributed by atoms with Crippen LogP contribution < -0.4 is 5.32 Å². The highest BCUT2D eigenvalue weighted by molar-refractivity contribution is 5.96. The highest BCUT2D eigenvalue weighted by Gasteiger charge is 2.21. The van der Waals surface area contributed by atoms with Crippen LogP contribution in [0.25, 0.3) is 0 Å². The molecule has 0 aliphatic heterocycles. The molecule has 4 heteroatoms.